The zero-order valence-corrected chi connectivity index (χ0v) is 10.7. The van der Waals surface area contributed by atoms with Crippen LogP contribution in [0, 0.1) is 6.92 Å². The van der Waals surface area contributed by atoms with Crippen molar-refractivity contribution in [3.63, 3.8) is 0 Å². The van der Waals surface area contributed by atoms with Crippen LogP contribution in [0.15, 0.2) is 23.5 Å². The largest absolute Gasteiger partial charge is 0.480 e. The SMILES string of the molecule is Cc1cccn2c(SC(C)(C)C(=O)O)nnc12. The number of carboxylic acids is 1. The van der Waals surface area contributed by atoms with Gasteiger partial charge in [0.2, 0.25) is 0 Å². The van der Waals surface area contributed by atoms with Crippen LogP contribution in [0.5, 0.6) is 0 Å². The number of aryl methyl sites for hydroxylation is 1. The zero-order valence-electron chi connectivity index (χ0n) is 9.84. The van der Waals surface area contributed by atoms with Gasteiger partial charge in [0.25, 0.3) is 0 Å². The molecular formula is C11H13N3O2S. The summed E-state index contributed by atoms with van der Waals surface area (Å²) in [6, 6.07) is 3.84. The average Bonchev–Trinajstić information content (AvgIpc) is 2.62. The van der Waals surface area contributed by atoms with Gasteiger partial charge in [-0.25, -0.2) is 0 Å². The summed E-state index contributed by atoms with van der Waals surface area (Å²) < 4.78 is 0.886. The van der Waals surface area contributed by atoms with Gasteiger partial charge < -0.3 is 5.11 Å². The van der Waals surface area contributed by atoms with Crippen molar-refractivity contribution in [3.8, 4) is 0 Å². The topological polar surface area (TPSA) is 67.5 Å². The molecule has 0 spiro atoms. The van der Waals surface area contributed by atoms with E-state index in [1.165, 1.54) is 11.8 Å². The minimum absolute atomic E-state index is 0.594. The molecule has 0 aliphatic carbocycles. The second-order valence-electron chi connectivity index (χ2n) is 4.28. The van der Waals surface area contributed by atoms with Crippen LogP contribution in [-0.2, 0) is 4.79 Å². The van der Waals surface area contributed by atoms with E-state index >= 15 is 0 Å². The third-order valence-electron chi connectivity index (χ3n) is 2.46. The molecule has 2 aromatic rings. The van der Waals surface area contributed by atoms with E-state index in [1.54, 1.807) is 13.8 Å². The predicted octanol–water partition coefficient (Wildman–Crippen LogP) is 1.99. The highest BCUT2D eigenvalue weighted by Gasteiger charge is 2.30. The number of thioether (sulfide) groups is 1. The van der Waals surface area contributed by atoms with E-state index in [1.807, 2.05) is 29.7 Å². The molecule has 1 N–H and O–H groups in total. The van der Waals surface area contributed by atoms with Crippen molar-refractivity contribution in [3.05, 3.63) is 23.9 Å². The van der Waals surface area contributed by atoms with Crippen LogP contribution in [0.4, 0.5) is 0 Å². The van der Waals surface area contributed by atoms with E-state index in [2.05, 4.69) is 10.2 Å². The Morgan fingerprint density at radius 1 is 1.47 bits per heavy atom. The standard InChI is InChI=1S/C11H13N3O2S/c1-7-5-4-6-14-8(7)12-13-10(14)17-11(2,3)9(15)16/h4-6H,1-3H3,(H,15,16). The Kier molecular flexibility index (Phi) is 2.82. The highest BCUT2D eigenvalue weighted by Crippen LogP contribution is 2.31. The minimum atomic E-state index is -0.924. The maximum atomic E-state index is 11.1. The lowest BCUT2D eigenvalue weighted by atomic mass is 10.2. The summed E-state index contributed by atoms with van der Waals surface area (Å²) in [4.78, 5) is 11.1. The number of aliphatic carboxylic acids is 1. The number of hydrogen-bond acceptors (Lipinski definition) is 4. The molecule has 0 aliphatic rings. The van der Waals surface area contributed by atoms with Gasteiger partial charge in [0.05, 0.1) is 0 Å². The summed E-state index contributed by atoms with van der Waals surface area (Å²) in [5, 5.41) is 17.8. The van der Waals surface area contributed by atoms with Gasteiger partial charge in [-0.1, -0.05) is 17.8 Å². The molecule has 5 nitrogen and oxygen atoms in total. The molecule has 90 valence electrons. The lowest BCUT2D eigenvalue weighted by Gasteiger charge is -2.16. The van der Waals surface area contributed by atoms with Crippen LogP contribution in [0.3, 0.4) is 0 Å². The molecule has 0 amide bonds. The molecule has 6 heteroatoms. The average molecular weight is 251 g/mol. The quantitative estimate of drug-likeness (QED) is 0.845. The highest BCUT2D eigenvalue weighted by atomic mass is 32.2. The van der Waals surface area contributed by atoms with Gasteiger partial charge in [-0.2, -0.15) is 0 Å². The predicted molar refractivity (Wildman–Crippen MR) is 65.3 cm³/mol. The third kappa shape index (κ3) is 2.12. The van der Waals surface area contributed by atoms with E-state index < -0.39 is 10.7 Å². The third-order valence-corrected chi connectivity index (χ3v) is 3.61. The molecule has 2 heterocycles. The molecule has 2 aromatic heterocycles. The summed E-state index contributed by atoms with van der Waals surface area (Å²) >= 11 is 1.19. The number of rotatable bonds is 3. The van der Waals surface area contributed by atoms with Crippen LogP contribution >= 0.6 is 11.8 Å². The fraction of sp³-hybridized carbons (Fsp3) is 0.364. The maximum absolute atomic E-state index is 11.1. The monoisotopic (exact) mass is 251 g/mol. The lowest BCUT2D eigenvalue weighted by molar-refractivity contribution is -0.138. The number of nitrogens with zero attached hydrogens (tertiary/aromatic N) is 3. The van der Waals surface area contributed by atoms with Gasteiger partial charge in [0.1, 0.15) is 4.75 Å². The van der Waals surface area contributed by atoms with Gasteiger partial charge in [0.15, 0.2) is 10.8 Å². The van der Waals surface area contributed by atoms with Crippen LogP contribution in [0.25, 0.3) is 5.65 Å². The summed E-state index contributed by atoms with van der Waals surface area (Å²) in [6.07, 6.45) is 1.84. The fourth-order valence-corrected chi connectivity index (χ4v) is 2.24. The first-order valence-electron chi connectivity index (χ1n) is 5.14. The minimum Gasteiger partial charge on any atom is -0.480 e. The van der Waals surface area contributed by atoms with Crippen molar-refractivity contribution in [2.24, 2.45) is 0 Å². The summed E-state index contributed by atoms with van der Waals surface area (Å²) in [5.74, 6) is -0.869. The zero-order chi connectivity index (χ0) is 12.6. The van der Waals surface area contributed by atoms with E-state index in [0.717, 1.165) is 11.2 Å². The molecule has 17 heavy (non-hydrogen) atoms. The number of pyridine rings is 1. The number of fused-ring (bicyclic) bond motifs is 1. The number of aromatic nitrogens is 3. The molecule has 2 rings (SSSR count). The Hall–Kier alpha value is -1.56. The number of hydrogen-bond donors (Lipinski definition) is 1. The van der Waals surface area contributed by atoms with Crippen molar-refractivity contribution in [1.29, 1.82) is 0 Å². The van der Waals surface area contributed by atoms with Crippen LogP contribution in [0.2, 0.25) is 0 Å². The van der Waals surface area contributed by atoms with Crippen molar-refractivity contribution < 1.29 is 9.90 Å². The van der Waals surface area contributed by atoms with Gasteiger partial charge in [-0.3, -0.25) is 9.20 Å². The van der Waals surface area contributed by atoms with Crippen LogP contribution in [0.1, 0.15) is 19.4 Å². The van der Waals surface area contributed by atoms with Crippen molar-refractivity contribution in [2.45, 2.75) is 30.7 Å². The van der Waals surface area contributed by atoms with Crippen LogP contribution < -0.4 is 0 Å². The second kappa shape index (κ2) is 4.03. The van der Waals surface area contributed by atoms with Gasteiger partial charge in [-0.05, 0) is 32.4 Å². The molecule has 0 atom stereocenters. The molecular weight excluding hydrogens is 238 g/mol. The highest BCUT2D eigenvalue weighted by molar-refractivity contribution is 8.01. The van der Waals surface area contributed by atoms with Gasteiger partial charge in [0, 0.05) is 6.20 Å². The van der Waals surface area contributed by atoms with Crippen molar-refractivity contribution in [1.82, 2.24) is 14.6 Å². The summed E-state index contributed by atoms with van der Waals surface area (Å²) in [6.45, 7) is 5.24. The molecule has 0 unspecified atom stereocenters. The molecule has 0 bridgehead atoms. The van der Waals surface area contributed by atoms with Crippen molar-refractivity contribution in [2.75, 3.05) is 0 Å². The smallest absolute Gasteiger partial charge is 0.319 e. The summed E-state index contributed by atoms with van der Waals surface area (Å²) in [7, 11) is 0. The van der Waals surface area contributed by atoms with Gasteiger partial charge >= 0.3 is 5.97 Å². The number of carboxylic acid groups (broad SMARTS) is 1. The molecule has 0 radical (unpaired) electrons. The Balaban J connectivity index is 2.44. The fourth-order valence-electron chi connectivity index (χ4n) is 1.37. The molecule has 0 aliphatic heterocycles. The number of carbonyl (C=O) groups is 1. The van der Waals surface area contributed by atoms with Crippen molar-refractivity contribution >= 4 is 23.4 Å². The summed E-state index contributed by atoms with van der Waals surface area (Å²) in [5.41, 5.74) is 1.77. The van der Waals surface area contributed by atoms with E-state index in [-0.39, 0.29) is 0 Å². The van der Waals surface area contributed by atoms with E-state index in [0.29, 0.717) is 5.16 Å². The Morgan fingerprint density at radius 2 is 2.18 bits per heavy atom. The molecule has 0 fully saturated rings. The van der Waals surface area contributed by atoms with Gasteiger partial charge in [-0.15, -0.1) is 10.2 Å². The first-order chi connectivity index (χ1) is 7.92. The Bertz CT molecular complexity index is 577. The second-order valence-corrected chi connectivity index (χ2v) is 5.87. The molecule has 0 saturated carbocycles. The normalized spacial score (nSPS) is 11.9. The Labute approximate surface area is 103 Å². The van der Waals surface area contributed by atoms with Crippen LogP contribution in [-0.4, -0.2) is 30.4 Å². The molecule has 0 aromatic carbocycles. The first kappa shape index (κ1) is 11.9. The molecule has 0 saturated heterocycles. The lowest BCUT2D eigenvalue weighted by Crippen LogP contribution is -2.27. The maximum Gasteiger partial charge on any atom is 0.319 e. The van der Waals surface area contributed by atoms with E-state index in [4.69, 9.17) is 5.11 Å². The first-order valence-corrected chi connectivity index (χ1v) is 5.96. The van der Waals surface area contributed by atoms with E-state index in [9.17, 15) is 4.79 Å². The Morgan fingerprint density at radius 3 is 2.82 bits per heavy atom.